The molecule has 3 heterocycles. The molecule has 1 fully saturated rings. The van der Waals surface area contributed by atoms with E-state index in [2.05, 4.69) is 53.6 Å². The van der Waals surface area contributed by atoms with Gasteiger partial charge in [0.1, 0.15) is 6.54 Å². The lowest BCUT2D eigenvalue weighted by Crippen LogP contribution is -2.44. The van der Waals surface area contributed by atoms with Crippen LogP contribution >= 0.6 is 11.8 Å². The lowest BCUT2D eigenvalue weighted by Gasteiger charge is -2.29. The molecular formula is C31H34N4O3S. The van der Waals surface area contributed by atoms with E-state index in [0.29, 0.717) is 18.0 Å². The van der Waals surface area contributed by atoms with Crippen LogP contribution in [0.25, 0.3) is 11.8 Å². The normalized spacial score (nSPS) is 16.3. The Morgan fingerprint density at radius 1 is 1.00 bits per heavy atom. The summed E-state index contributed by atoms with van der Waals surface area (Å²) >= 11 is 0.897. The number of fused-ring (bicyclic) bond motifs is 1. The lowest BCUT2D eigenvalue weighted by molar-refractivity contribution is -0.136. The summed E-state index contributed by atoms with van der Waals surface area (Å²) < 4.78 is 2.15. The molecule has 0 saturated carbocycles. The molecule has 0 aliphatic carbocycles. The number of thioether (sulfide) groups is 1. The highest BCUT2D eigenvalue weighted by molar-refractivity contribution is 8.18. The molecule has 0 bridgehead atoms. The van der Waals surface area contributed by atoms with Crippen molar-refractivity contribution < 1.29 is 14.4 Å². The first kappa shape index (κ1) is 26.8. The summed E-state index contributed by atoms with van der Waals surface area (Å²) in [4.78, 5) is 44.4. The maximum Gasteiger partial charge on any atom is 0.294 e. The number of nitrogens with zero attached hydrogens (tertiary/aromatic N) is 4. The molecule has 3 amide bonds. The molecule has 2 aliphatic heterocycles. The van der Waals surface area contributed by atoms with E-state index in [0.717, 1.165) is 64.4 Å². The summed E-state index contributed by atoms with van der Waals surface area (Å²) in [6.07, 6.45) is 2.55. The molecule has 0 unspecified atom stereocenters. The summed E-state index contributed by atoms with van der Waals surface area (Å²) in [5.41, 5.74) is 7.49. The quantitative estimate of drug-likeness (QED) is 0.366. The average Bonchev–Trinajstić information content (AvgIpc) is 3.37. The van der Waals surface area contributed by atoms with E-state index < -0.39 is 11.1 Å². The van der Waals surface area contributed by atoms with Crippen LogP contribution in [0.1, 0.15) is 41.9 Å². The number of anilines is 1. The second kappa shape index (κ2) is 11.1. The third kappa shape index (κ3) is 5.26. The van der Waals surface area contributed by atoms with Crippen molar-refractivity contribution in [3.8, 4) is 5.69 Å². The molecule has 0 radical (unpaired) electrons. The Morgan fingerprint density at radius 2 is 1.69 bits per heavy atom. The molecule has 2 aliphatic rings. The van der Waals surface area contributed by atoms with Crippen LogP contribution in [0.5, 0.6) is 0 Å². The number of rotatable bonds is 7. The smallest absolute Gasteiger partial charge is 0.294 e. The molecule has 0 spiro atoms. The van der Waals surface area contributed by atoms with E-state index >= 15 is 0 Å². The van der Waals surface area contributed by atoms with Crippen molar-refractivity contribution in [2.75, 3.05) is 31.1 Å². The molecule has 1 saturated heterocycles. The van der Waals surface area contributed by atoms with Crippen LogP contribution in [-0.4, -0.2) is 57.6 Å². The molecule has 5 rings (SSSR count). The summed E-state index contributed by atoms with van der Waals surface area (Å²) in [5, 5.41) is -0.405. The first-order valence-electron chi connectivity index (χ1n) is 13.4. The number of imide groups is 1. The lowest BCUT2D eigenvalue weighted by atomic mass is 10.00. The highest BCUT2D eigenvalue weighted by Crippen LogP contribution is 2.34. The predicted octanol–water partition coefficient (Wildman–Crippen LogP) is 5.56. The Labute approximate surface area is 234 Å². The van der Waals surface area contributed by atoms with Gasteiger partial charge >= 0.3 is 0 Å². The molecular weight excluding hydrogens is 508 g/mol. The number of aromatic nitrogens is 1. The Balaban J connectivity index is 1.31. The summed E-state index contributed by atoms with van der Waals surface area (Å²) in [6, 6.07) is 18.6. The van der Waals surface area contributed by atoms with Crippen molar-refractivity contribution in [3.63, 3.8) is 0 Å². The van der Waals surface area contributed by atoms with E-state index in [-0.39, 0.29) is 12.5 Å². The number of hydrogen-bond donors (Lipinski definition) is 0. The van der Waals surface area contributed by atoms with Crippen LogP contribution in [0.2, 0.25) is 0 Å². The molecule has 0 atom stereocenters. The van der Waals surface area contributed by atoms with Crippen LogP contribution < -0.4 is 4.90 Å². The van der Waals surface area contributed by atoms with Crippen molar-refractivity contribution >= 4 is 40.6 Å². The first-order valence-corrected chi connectivity index (χ1v) is 14.3. The molecule has 3 aromatic rings. The van der Waals surface area contributed by atoms with E-state index in [4.69, 9.17) is 0 Å². The second-order valence-electron chi connectivity index (χ2n) is 9.95. The Morgan fingerprint density at radius 3 is 2.38 bits per heavy atom. The highest BCUT2D eigenvalue weighted by Gasteiger charge is 2.37. The fourth-order valence-electron chi connectivity index (χ4n) is 5.45. The SMILES string of the molecule is CCN(CC)c1ccc(-n2c(C)cc(/C=C3\SC(=O)N(CC(=O)N4CCc5ccccc5C4)C3=O)c2C)cc1. The van der Waals surface area contributed by atoms with Crippen LogP contribution in [0.4, 0.5) is 10.5 Å². The number of aryl methyl sites for hydroxylation is 1. The zero-order chi connectivity index (χ0) is 27.7. The molecule has 0 N–H and O–H groups in total. The van der Waals surface area contributed by atoms with Crippen molar-refractivity contribution in [3.05, 3.63) is 87.6 Å². The van der Waals surface area contributed by atoms with Gasteiger partial charge in [0.15, 0.2) is 0 Å². The van der Waals surface area contributed by atoms with Crippen LogP contribution in [0.15, 0.2) is 59.5 Å². The fourth-order valence-corrected chi connectivity index (χ4v) is 6.28. The van der Waals surface area contributed by atoms with Gasteiger partial charge in [0.2, 0.25) is 5.91 Å². The number of amides is 3. The third-order valence-corrected chi connectivity index (χ3v) is 8.55. The fraction of sp³-hybridized carbons (Fsp3) is 0.323. The Kier molecular flexibility index (Phi) is 7.66. The van der Waals surface area contributed by atoms with Gasteiger partial charge in [-0.15, -0.1) is 0 Å². The maximum absolute atomic E-state index is 13.2. The number of hydrogen-bond acceptors (Lipinski definition) is 5. The maximum atomic E-state index is 13.2. The third-order valence-electron chi connectivity index (χ3n) is 7.64. The van der Waals surface area contributed by atoms with Crippen molar-refractivity contribution in [1.29, 1.82) is 0 Å². The van der Waals surface area contributed by atoms with Crippen LogP contribution in [0, 0.1) is 13.8 Å². The van der Waals surface area contributed by atoms with Crippen LogP contribution in [0.3, 0.4) is 0 Å². The summed E-state index contributed by atoms with van der Waals surface area (Å²) in [7, 11) is 0. The monoisotopic (exact) mass is 542 g/mol. The van der Waals surface area contributed by atoms with Crippen molar-refractivity contribution in [2.45, 2.75) is 40.7 Å². The predicted molar refractivity (Wildman–Crippen MR) is 157 cm³/mol. The minimum absolute atomic E-state index is 0.209. The first-order chi connectivity index (χ1) is 18.8. The number of carbonyl (C=O) groups excluding carboxylic acids is 3. The van der Waals surface area contributed by atoms with Gasteiger partial charge < -0.3 is 14.4 Å². The second-order valence-corrected chi connectivity index (χ2v) is 10.9. The van der Waals surface area contributed by atoms with Gasteiger partial charge in [0.05, 0.1) is 4.91 Å². The number of benzene rings is 2. The largest absolute Gasteiger partial charge is 0.372 e. The average molecular weight is 543 g/mol. The van der Waals surface area contributed by atoms with E-state index in [1.165, 1.54) is 11.3 Å². The van der Waals surface area contributed by atoms with Gasteiger partial charge in [0, 0.05) is 48.9 Å². The van der Waals surface area contributed by atoms with Gasteiger partial charge in [-0.3, -0.25) is 19.3 Å². The summed E-state index contributed by atoms with van der Waals surface area (Å²) in [6.45, 7) is 11.1. The van der Waals surface area contributed by atoms with Gasteiger partial charge in [-0.25, -0.2) is 0 Å². The Hall–Kier alpha value is -3.78. The van der Waals surface area contributed by atoms with Crippen molar-refractivity contribution in [2.24, 2.45) is 0 Å². The van der Waals surface area contributed by atoms with E-state index in [1.54, 1.807) is 11.0 Å². The summed E-state index contributed by atoms with van der Waals surface area (Å²) in [5.74, 6) is -0.622. The zero-order valence-electron chi connectivity index (χ0n) is 22.9. The minimum atomic E-state index is -0.413. The molecule has 202 valence electrons. The van der Waals surface area contributed by atoms with E-state index in [9.17, 15) is 14.4 Å². The topological polar surface area (TPSA) is 65.9 Å². The number of carbonyl (C=O) groups is 3. The van der Waals surface area contributed by atoms with Gasteiger partial charge in [-0.05, 0) is 99.0 Å². The standard InChI is InChI=1S/C31H34N4O3S/c1-5-32(6-2)26-11-13-27(14-12-26)35-21(3)17-25(22(35)4)18-28-30(37)34(31(38)39-28)20-29(36)33-16-15-23-9-7-8-10-24(23)19-33/h7-14,17-18H,5-6,15-16,19-20H2,1-4H3/b28-18-. The minimum Gasteiger partial charge on any atom is -0.372 e. The van der Waals surface area contributed by atoms with E-state index in [1.807, 2.05) is 38.1 Å². The molecule has 39 heavy (non-hydrogen) atoms. The Bertz CT molecular complexity index is 1450. The molecule has 7 nitrogen and oxygen atoms in total. The molecule has 8 heteroatoms. The van der Waals surface area contributed by atoms with Gasteiger partial charge in [-0.1, -0.05) is 24.3 Å². The molecule has 1 aromatic heterocycles. The van der Waals surface area contributed by atoms with Crippen LogP contribution in [-0.2, 0) is 22.6 Å². The van der Waals surface area contributed by atoms with Crippen molar-refractivity contribution in [1.82, 2.24) is 14.4 Å². The highest BCUT2D eigenvalue weighted by atomic mass is 32.2. The van der Waals surface area contributed by atoms with Gasteiger partial charge in [0.25, 0.3) is 11.1 Å². The van der Waals surface area contributed by atoms with Gasteiger partial charge in [-0.2, -0.15) is 0 Å². The zero-order valence-corrected chi connectivity index (χ0v) is 23.8. The molecule has 2 aromatic carbocycles.